The lowest BCUT2D eigenvalue weighted by Crippen LogP contribution is -2.65. The lowest BCUT2D eigenvalue weighted by atomic mass is 9.97. The summed E-state index contributed by atoms with van der Waals surface area (Å²) in [6.07, 6.45) is 21.8. The Labute approximate surface area is 372 Å². The van der Waals surface area contributed by atoms with Crippen LogP contribution in [0.3, 0.4) is 0 Å². The summed E-state index contributed by atoms with van der Waals surface area (Å²) in [4.78, 5) is 13.1. The van der Waals surface area contributed by atoms with Crippen LogP contribution in [0.5, 0.6) is 0 Å². The van der Waals surface area contributed by atoms with Crippen LogP contribution in [0.2, 0.25) is 0 Å². The van der Waals surface area contributed by atoms with E-state index < -0.39 is 86.8 Å². The van der Waals surface area contributed by atoms with Crippen molar-refractivity contribution in [3.05, 3.63) is 36.5 Å². The van der Waals surface area contributed by atoms with E-state index in [1.54, 1.807) is 0 Å². The van der Waals surface area contributed by atoms with E-state index in [2.05, 4.69) is 55.6 Å². The zero-order valence-corrected chi connectivity index (χ0v) is 38.1. The van der Waals surface area contributed by atoms with Crippen LogP contribution in [0.1, 0.15) is 168 Å². The van der Waals surface area contributed by atoms with Gasteiger partial charge in [-0.15, -0.1) is 0 Å². The van der Waals surface area contributed by atoms with E-state index in [0.717, 1.165) is 83.5 Å². The van der Waals surface area contributed by atoms with Crippen molar-refractivity contribution >= 4 is 5.91 Å². The molecule has 0 aliphatic carbocycles. The van der Waals surface area contributed by atoms with Crippen molar-refractivity contribution in [2.45, 2.75) is 242 Å². The Morgan fingerprint density at radius 2 is 1.06 bits per heavy atom. The van der Waals surface area contributed by atoms with Crippen molar-refractivity contribution < 1.29 is 64.6 Å². The van der Waals surface area contributed by atoms with E-state index in [-0.39, 0.29) is 18.9 Å². The number of hydrogen-bond donors (Lipinski definition) is 9. The molecule has 0 aromatic carbocycles. The Balaban J connectivity index is 1.77. The number of hydrogen-bond acceptors (Lipinski definition) is 13. The van der Waals surface area contributed by atoms with Gasteiger partial charge in [-0.1, -0.05) is 147 Å². The number of carbonyl (C=O) groups is 1. The van der Waals surface area contributed by atoms with Crippen molar-refractivity contribution in [3.63, 3.8) is 0 Å². The number of nitrogens with one attached hydrogen (secondary N) is 1. The second-order valence-corrected chi connectivity index (χ2v) is 17.2. The second kappa shape index (κ2) is 35.5. The molecule has 0 radical (unpaired) electrons. The quantitative estimate of drug-likeness (QED) is 0.0279. The third kappa shape index (κ3) is 22.9. The largest absolute Gasteiger partial charge is 0.394 e. The molecule has 12 unspecified atom stereocenters. The first kappa shape index (κ1) is 56.3. The maximum absolute atomic E-state index is 13.1. The Bertz CT molecular complexity index is 1190. The maximum atomic E-state index is 13.1. The molecule has 14 heteroatoms. The molecule has 2 heterocycles. The highest BCUT2D eigenvalue weighted by Gasteiger charge is 2.51. The summed E-state index contributed by atoms with van der Waals surface area (Å²) < 4.78 is 22.6. The van der Waals surface area contributed by atoms with Crippen molar-refractivity contribution in [1.82, 2.24) is 5.32 Å². The molecule has 2 saturated heterocycles. The fourth-order valence-corrected chi connectivity index (χ4v) is 7.83. The van der Waals surface area contributed by atoms with Gasteiger partial charge in [-0.05, 0) is 51.4 Å². The van der Waals surface area contributed by atoms with Gasteiger partial charge in [-0.3, -0.25) is 4.79 Å². The molecule has 1 amide bonds. The van der Waals surface area contributed by atoms with E-state index in [4.69, 9.17) is 18.9 Å². The van der Waals surface area contributed by atoms with Crippen LogP contribution in [-0.2, 0) is 23.7 Å². The van der Waals surface area contributed by atoms with Gasteiger partial charge < -0.3 is 65.1 Å². The molecule has 0 spiro atoms. The smallest absolute Gasteiger partial charge is 0.220 e. The third-order valence-electron chi connectivity index (χ3n) is 11.9. The Morgan fingerprint density at radius 1 is 0.581 bits per heavy atom. The number of ether oxygens (including phenoxy) is 4. The second-order valence-electron chi connectivity index (χ2n) is 17.2. The normalized spacial score (nSPS) is 28.0. The average molecular weight is 886 g/mol. The minimum Gasteiger partial charge on any atom is -0.394 e. The number of amides is 1. The van der Waals surface area contributed by atoms with Gasteiger partial charge in [0.05, 0.1) is 32.0 Å². The average Bonchev–Trinajstić information content (AvgIpc) is 3.27. The van der Waals surface area contributed by atoms with Crippen LogP contribution in [0, 0.1) is 0 Å². The first-order chi connectivity index (χ1) is 30.1. The SMILES string of the molecule is CCCCCCC/C=C\C/C=C\C/C=C\CCCCCCCCC(=O)NC(COC1OC(CO)C(OC2OC(CO)C(O)C(O)C2O)C(O)C1O)C(O)CCCCCCCCC. The molecule has 2 rings (SSSR count). The summed E-state index contributed by atoms with van der Waals surface area (Å²) in [7, 11) is 0. The van der Waals surface area contributed by atoms with Gasteiger partial charge in [-0.25, -0.2) is 0 Å². The minimum atomic E-state index is -1.78. The number of allylic oxidation sites excluding steroid dienone is 6. The summed E-state index contributed by atoms with van der Waals surface area (Å²) in [5.74, 6) is -0.225. The molecule has 2 aliphatic heterocycles. The Morgan fingerprint density at radius 3 is 1.63 bits per heavy atom. The van der Waals surface area contributed by atoms with Crippen LogP contribution in [0.25, 0.3) is 0 Å². The van der Waals surface area contributed by atoms with Gasteiger partial charge in [-0.2, -0.15) is 0 Å². The van der Waals surface area contributed by atoms with Gasteiger partial charge in [0.25, 0.3) is 0 Å². The van der Waals surface area contributed by atoms with E-state index in [1.165, 1.54) is 51.4 Å². The van der Waals surface area contributed by atoms with Crippen LogP contribution in [0.4, 0.5) is 0 Å². The van der Waals surface area contributed by atoms with E-state index in [9.17, 15) is 45.6 Å². The fraction of sp³-hybridized carbons (Fsp3) is 0.854. The number of aliphatic hydroxyl groups excluding tert-OH is 8. The maximum Gasteiger partial charge on any atom is 0.220 e. The van der Waals surface area contributed by atoms with Crippen LogP contribution in [0.15, 0.2) is 36.5 Å². The fourth-order valence-electron chi connectivity index (χ4n) is 7.83. The molecular weight excluding hydrogens is 799 g/mol. The zero-order chi connectivity index (χ0) is 45.4. The standard InChI is InChI=1S/C48H87NO13/c1-3-5-7-9-11-12-13-14-15-16-17-18-19-20-21-22-23-24-26-28-30-32-40(53)49-36(37(52)31-29-27-25-10-8-6-4-2)35-59-47-45(58)43(56)46(39(34-51)61-47)62-48-44(57)42(55)41(54)38(33-50)60-48/h13-14,16-17,19-20,36-39,41-48,50-52,54-58H,3-12,15,18,21-35H2,1-2H3,(H,49,53)/b14-13-,17-16-,20-19-. The van der Waals surface area contributed by atoms with E-state index in [1.807, 2.05) is 0 Å². The van der Waals surface area contributed by atoms with E-state index in [0.29, 0.717) is 12.8 Å². The summed E-state index contributed by atoms with van der Waals surface area (Å²) in [6.45, 7) is 2.75. The van der Waals surface area contributed by atoms with Crippen LogP contribution < -0.4 is 5.32 Å². The van der Waals surface area contributed by atoms with Crippen molar-refractivity contribution in [2.24, 2.45) is 0 Å². The van der Waals surface area contributed by atoms with Gasteiger partial charge >= 0.3 is 0 Å². The van der Waals surface area contributed by atoms with Crippen LogP contribution in [-0.4, -0.2) is 140 Å². The molecule has 14 nitrogen and oxygen atoms in total. The minimum absolute atomic E-state index is 0.225. The molecule has 12 atom stereocenters. The molecule has 0 saturated carbocycles. The topological polar surface area (TPSA) is 228 Å². The van der Waals surface area contributed by atoms with Gasteiger partial charge in [0.2, 0.25) is 5.91 Å². The first-order valence-corrected chi connectivity index (χ1v) is 24.2. The zero-order valence-electron chi connectivity index (χ0n) is 38.1. The summed E-state index contributed by atoms with van der Waals surface area (Å²) in [5, 5.41) is 86.4. The first-order valence-electron chi connectivity index (χ1n) is 24.2. The van der Waals surface area contributed by atoms with Crippen LogP contribution >= 0.6 is 0 Å². The van der Waals surface area contributed by atoms with Crippen molar-refractivity contribution in [2.75, 3.05) is 19.8 Å². The molecular formula is C48H87NO13. The highest BCUT2D eigenvalue weighted by molar-refractivity contribution is 5.76. The monoisotopic (exact) mass is 886 g/mol. The van der Waals surface area contributed by atoms with E-state index >= 15 is 0 Å². The lowest BCUT2D eigenvalue weighted by molar-refractivity contribution is -0.359. The predicted molar refractivity (Wildman–Crippen MR) is 240 cm³/mol. The predicted octanol–water partition coefficient (Wildman–Crippen LogP) is 5.54. The molecule has 2 fully saturated rings. The number of aliphatic hydroxyl groups is 8. The molecule has 62 heavy (non-hydrogen) atoms. The number of carbonyl (C=O) groups excluding carboxylic acids is 1. The summed E-state index contributed by atoms with van der Waals surface area (Å²) in [5.41, 5.74) is 0. The highest BCUT2D eigenvalue weighted by Crippen LogP contribution is 2.30. The molecule has 2 aliphatic rings. The molecule has 0 aromatic rings. The molecule has 9 N–H and O–H groups in total. The van der Waals surface area contributed by atoms with Crippen molar-refractivity contribution in [3.8, 4) is 0 Å². The van der Waals surface area contributed by atoms with Gasteiger partial charge in [0.1, 0.15) is 48.8 Å². The summed E-state index contributed by atoms with van der Waals surface area (Å²) in [6, 6.07) is -0.832. The Hall–Kier alpha value is -1.79. The molecule has 362 valence electrons. The molecule has 0 aromatic heterocycles. The number of unbranched alkanes of at least 4 members (excludes halogenated alkanes) is 17. The van der Waals surface area contributed by atoms with Gasteiger partial charge in [0.15, 0.2) is 12.6 Å². The number of rotatable bonds is 36. The highest BCUT2D eigenvalue weighted by atomic mass is 16.7. The summed E-state index contributed by atoms with van der Waals surface area (Å²) >= 11 is 0. The molecule has 0 bridgehead atoms. The van der Waals surface area contributed by atoms with Crippen molar-refractivity contribution in [1.29, 1.82) is 0 Å². The lowest BCUT2D eigenvalue weighted by Gasteiger charge is -2.46. The Kier molecular flexibility index (Phi) is 32.2. The third-order valence-corrected chi connectivity index (χ3v) is 11.9. The van der Waals surface area contributed by atoms with Gasteiger partial charge in [0, 0.05) is 6.42 Å².